The van der Waals surface area contributed by atoms with E-state index >= 15 is 0 Å². The van der Waals surface area contributed by atoms with Crippen LogP contribution in [0.1, 0.15) is 86.5 Å². The number of nitrogens with zero attached hydrogens (tertiary/aromatic N) is 1. The number of amides is 2. The molecule has 0 aromatic carbocycles. The zero-order valence-corrected chi connectivity index (χ0v) is 34.0. The Morgan fingerprint density at radius 3 is 1.62 bits per heavy atom. The molecule has 0 aromatic heterocycles. The summed E-state index contributed by atoms with van der Waals surface area (Å²) in [5.41, 5.74) is 4.50. The van der Waals surface area contributed by atoms with Gasteiger partial charge in [0, 0.05) is 24.7 Å². The summed E-state index contributed by atoms with van der Waals surface area (Å²) in [4.78, 5) is 71.2. The van der Waals surface area contributed by atoms with Crippen LogP contribution in [0.2, 0.25) is 0 Å². The molecule has 0 unspecified atom stereocenters. The number of carbonyl (C=O) groups excluding carboxylic acids is 4. The van der Waals surface area contributed by atoms with Gasteiger partial charge in [0.05, 0.1) is 12.3 Å². The maximum absolute atomic E-state index is 11.7. The number of rotatable bonds is 11. The zero-order chi connectivity index (χ0) is 36.7. The molecule has 275 valence electrons. The first kappa shape index (κ1) is 48.4. The quantitative estimate of drug-likeness (QED) is 0.105. The summed E-state index contributed by atoms with van der Waals surface area (Å²) in [7, 11) is 0.628. The number of hydroxylamine groups is 2. The Bertz CT molecular complexity index is 1110. The van der Waals surface area contributed by atoms with E-state index in [1.807, 2.05) is 26.8 Å². The molecule has 1 heterocycles. The average molecular weight is 947 g/mol. The third-order valence-corrected chi connectivity index (χ3v) is 7.27. The van der Waals surface area contributed by atoms with Crippen LogP contribution >= 0.6 is 40.0 Å². The van der Waals surface area contributed by atoms with Gasteiger partial charge >= 0.3 is 73.5 Å². The standard InChI is InChI=1S/C14H22O4.C11H13NO5.C6H13NO2.2HI.H2O.V/c1-5-6-9-7-11(9)18-12(15)8-10(13(16)17)14(2,3)4;1-2-3-7-6-8(7)16-11(15)17-12-9(13)4-5-10(12)14;1-6(2,3)4(7)5(8)9;;;;/h5,9-11H,1,6-8H2,2-4H3,(H,16,17);2,7-8H,1,3-6H2;4H,7H2,1-3H3,(H,8,9);2*1H;1H2;/q;;;;;;+2/p-2/t9-,10-,11-;7-,8-;4-;;;;/m111..../s1. The molecule has 2 saturated carbocycles. The van der Waals surface area contributed by atoms with E-state index < -0.39 is 53.3 Å². The molecule has 0 radical (unpaired) electrons. The second-order valence-electron chi connectivity index (χ2n) is 13.4. The van der Waals surface area contributed by atoms with E-state index in [1.54, 1.807) is 26.8 Å². The van der Waals surface area contributed by atoms with E-state index in [1.165, 1.54) is 0 Å². The van der Waals surface area contributed by atoms with E-state index in [-0.39, 0.29) is 48.3 Å². The number of esters is 1. The Morgan fingerprint density at radius 2 is 1.31 bits per heavy atom. The number of hydrogen-bond acceptors (Lipinski definition) is 10. The van der Waals surface area contributed by atoms with Crippen LogP contribution in [0.5, 0.6) is 0 Å². The molecule has 3 aliphatic rings. The molecule has 6 N–H and O–H groups in total. The zero-order valence-electron chi connectivity index (χ0n) is 28.3. The third kappa shape index (κ3) is 19.5. The van der Waals surface area contributed by atoms with Crippen molar-refractivity contribution in [3.05, 3.63) is 25.3 Å². The molecule has 14 nitrogen and oxygen atoms in total. The summed E-state index contributed by atoms with van der Waals surface area (Å²) in [6.07, 6.45) is 5.70. The Morgan fingerprint density at radius 1 is 0.896 bits per heavy atom. The number of ether oxygens (including phenoxy) is 2. The Labute approximate surface area is 311 Å². The monoisotopic (exact) mass is 947 g/mol. The predicted octanol–water partition coefficient (Wildman–Crippen LogP) is 5.19. The molecular weight excluding hydrogens is 897 g/mol. The van der Waals surface area contributed by atoms with E-state index in [9.17, 15) is 28.8 Å². The van der Waals surface area contributed by atoms with Crippen molar-refractivity contribution in [3.8, 4) is 0 Å². The number of carboxylic acid groups (broad SMARTS) is 2. The van der Waals surface area contributed by atoms with Crippen LogP contribution in [0, 0.1) is 28.6 Å². The molecule has 2 amide bonds. The number of carbonyl (C=O) groups is 6. The predicted molar refractivity (Wildman–Crippen MR) is 190 cm³/mol. The molecule has 1 aliphatic heterocycles. The van der Waals surface area contributed by atoms with Gasteiger partial charge in [0.2, 0.25) is 0 Å². The van der Waals surface area contributed by atoms with Gasteiger partial charge in [0.1, 0.15) is 18.2 Å². The summed E-state index contributed by atoms with van der Waals surface area (Å²) in [6, 6.07) is -0.766. The van der Waals surface area contributed by atoms with Gasteiger partial charge in [-0.2, -0.15) is 0 Å². The fraction of sp³-hybridized carbons (Fsp3) is 0.677. The van der Waals surface area contributed by atoms with E-state index in [2.05, 4.69) is 58.0 Å². The van der Waals surface area contributed by atoms with Crippen molar-refractivity contribution in [1.82, 2.24) is 5.06 Å². The molecule has 2 aliphatic carbocycles. The fourth-order valence-corrected chi connectivity index (χ4v) is 4.05. The van der Waals surface area contributed by atoms with Crippen molar-refractivity contribution in [2.24, 2.45) is 34.3 Å². The molecule has 6 atom stereocenters. The molecule has 1 saturated heterocycles. The molecule has 3 rings (SSSR count). The number of carboxylic acids is 2. The van der Waals surface area contributed by atoms with Crippen LogP contribution in [0.15, 0.2) is 25.3 Å². The van der Waals surface area contributed by atoms with Crippen molar-refractivity contribution >= 4 is 75.8 Å². The van der Waals surface area contributed by atoms with Crippen LogP contribution < -0.4 is 5.73 Å². The van der Waals surface area contributed by atoms with Gasteiger partial charge in [0.15, 0.2) is 0 Å². The number of halogens is 2. The second kappa shape index (κ2) is 22.9. The topological polar surface area (TPSA) is 231 Å². The van der Waals surface area contributed by atoms with E-state index in [0.717, 1.165) is 25.7 Å². The van der Waals surface area contributed by atoms with Crippen LogP contribution in [-0.4, -0.2) is 74.9 Å². The fourth-order valence-electron chi connectivity index (χ4n) is 4.05. The van der Waals surface area contributed by atoms with Crippen molar-refractivity contribution in [3.63, 3.8) is 0 Å². The second-order valence-corrected chi connectivity index (χ2v) is 25.1. The van der Waals surface area contributed by atoms with Crippen molar-refractivity contribution in [1.29, 1.82) is 0 Å². The van der Waals surface area contributed by atoms with Gasteiger partial charge in [0.25, 0.3) is 11.8 Å². The molecule has 3 fully saturated rings. The van der Waals surface area contributed by atoms with E-state index in [0.29, 0.717) is 20.4 Å². The van der Waals surface area contributed by atoms with E-state index in [4.69, 9.17) is 25.4 Å². The maximum atomic E-state index is 11.7. The number of imide groups is 1. The minimum absolute atomic E-state index is 0. The first-order valence-electron chi connectivity index (χ1n) is 14.9. The van der Waals surface area contributed by atoms with Gasteiger partial charge in [-0.25, -0.2) is 4.79 Å². The summed E-state index contributed by atoms with van der Waals surface area (Å²) >= 11 is 4.74. The SMILES string of the molecule is C=CC[C@@H]1C[C@H]1OC(=O)C[C@H](C(=O)O)C(C)(C)C.C=CC[C@@H]1C[C@H]1OC(=O)ON1C(=O)CCC1=O.CC(C)(C)[C@H](N)C(=O)O.O.[I][V][I]. The average Bonchev–Trinajstić information content (AvgIpc) is 3.84. The minimum atomic E-state index is -0.995. The first-order chi connectivity index (χ1) is 21.6. The summed E-state index contributed by atoms with van der Waals surface area (Å²) < 4.78 is 10.2. The number of nitrogens with two attached hydrogens (primary N) is 1. The summed E-state index contributed by atoms with van der Waals surface area (Å²) in [5.74, 6) is -3.36. The molecule has 48 heavy (non-hydrogen) atoms. The Balaban J connectivity index is 0. The molecule has 0 spiro atoms. The van der Waals surface area contributed by atoms with Gasteiger partial charge in [-0.05, 0) is 36.5 Å². The van der Waals surface area contributed by atoms with Crippen LogP contribution in [0.3, 0.4) is 0 Å². The summed E-state index contributed by atoms with van der Waals surface area (Å²) in [6.45, 7) is 18.1. The Hall–Kier alpha value is -1.74. The molecule has 0 bridgehead atoms. The molecule has 0 aromatic rings. The normalized spacial score (nSPS) is 21.7. The molecular formula is C31H50I2N2O12V. The van der Waals surface area contributed by atoms with Gasteiger partial charge in [-0.3, -0.25) is 28.8 Å². The summed E-state index contributed by atoms with van der Waals surface area (Å²) in [5, 5.41) is 18.0. The number of hydrogen-bond donors (Lipinski definition) is 3. The van der Waals surface area contributed by atoms with Crippen LogP contribution in [0.4, 0.5) is 4.79 Å². The van der Waals surface area contributed by atoms with Gasteiger partial charge in [-0.15, -0.1) is 13.2 Å². The Kier molecular flexibility index (Phi) is 23.1. The molecule has 17 heteroatoms. The van der Waals surface area contributed by atoms with Crippen LogP contribution in [0.25, 0.3) is 0 Å². The number of allylic oxidation sites excluding steroid dienone is 2. The third-order valence-electron chi connectivity index (χ3n) is 7.27. The van der Waals surface area contributed by atoms with Crippen molar-refractivity contribution < 1.29 is 68.2 Å². The van der Waals surface area contributed by atoms with Crippen molar-refractivity contribution in [2.45, 2.75) is 105 Å². The first-order valence-corrected chi connectivity index (χ1v) is 23.9. The van der Waals surface area contributed by atoms with Gasteiger partial charge in [-0.1, -0.05) is 58.8 Å². The van der Waals surface area contributed by atoms with Crippen molar-refractivity contribution in [2.75, 3.05) is 0 Å². The van der Waals surface area contributed by atoms with Crippen LogP contribution in [-0.2, 0) is 47.7 Å². The number of aliphatic carboxylic acids is 2. The van der Waals surface area contributed by atoms with Gasteiger partial charge < -0.3 is 30.9 Å².